The van der Waals surface area contributed by atoms with E-state index in [-0.39, 0.29) is 23.9 Å². The molecule has 0 aliphatic carbocycles. The fourth-order valence-electron chi connectivity index (χ4n) is 3.43. The van der Waals surface area contributed by atoms with Gasteiger partial charge in [0.2, 0.25) is 5.88 Å². The van der Waals surface area contributed by atoms with Crippen LogP contribution in [-0.4, -0.2) is 15.0 Å². The van der Waals surface area contributed by atoms with Gasteiger partial charge in [0.15, 0.2) is 12.5 Å². The zero-order chi connectivity index (χ0) is 26.6. The molecule has 194 valence electrons. The fraction of sp³-hybridized carbons (Fsp3) is 0.174. The number of nitrogen functional groups attached to an aromatic ring is 1. The van der Waals surface area contributed by atoms with Crippen molar-refractivity contribution in [3.8, 4) is 17.2 Å². The van der Waals surface area contributed by atoms with E-state index in [2.05, 4.69) is 14.7 Å². The van der Waals surface area contributed by atoms with Crippen molar-refractivity contribution >= 4 is 13.6 Å². The van der Waals surface area contributed by atoms with E-state index >= 15 is 0 Å². The van der Waals surface area contributed by atoms with Gasteiger partial charge in [-0.3, -0.25) is 14.8 Å². The number of pyridine rings is 2. The van der Waals surface area contributed by atoms with E-state index in [9.17, 15) is 22.6 Å². The highest BCUT2D eigenvalue weighted by molar-refractivity contribution is 7.44. The Labute approximate surface area is 208 Å². The van der Waals surface area contributed by atoms with Gasteiger partial charge in [-0.15, -0.1) is 0 Å². The SMILES string of the molecule is Nc1c(-c2cc(Cc3ccc(OCc4ccccc4C(F)(F)F)nc3)no2)ccc[n+]1COP(=O)([O-])O. The minimum atomic E-state index is -4.93. The molecule has 3 N–H and O–H groups in total. The largest absolute Gasteiger partial charge is 0.756 e. The van der Waals surface area contributed by atoms with Crippen LogP contribution in [0.1, 0.15) is 22.4 Å². The van der Waals surface area contributed by atoms with Gasteiger partial charge in [0, 0.05) is 30.3 Å². The van der Waals surface area contributed by atoms with Crippen molar-refractivity contribution in [2.24, 2.45) is 0 Å². The highest BCUT2D eigenvalue weighted by atomic mass is 31.2. The molecular weight excluding hydrogens is 516 g/mol. The molecule has 0 saturated heterocycles. The van der Waals surface area contributed by atoms with Crippen molar-refractivity contribution in [3.05, 3.63) is 89.4 Å². The van der Waals surface area contributed by atoms with Crippen molar-refractivity contribution in [1.29, 1.82) is 0 Å². The van der Waals surface area contributed by atoms with E-state index in [0.717, 1.165) is 11.6 Å². The van der Waals surface area contributed by atoms with Crippen LogP contribution in [0.2, 0.25) is 0 Å². The molecule has 1 unspecified atom stereocenters. The Hall–Kier alpha value is -3.77. The first-order valence-electron chi connectivity index (χ1n) is 10.6. The summed E-state index contributed by atoms with van der Waals surface area (Å²) in [4.78, 5) is 23.8. The lowest BCUT2D eigenvalue weighted by molar-refractivity contribution is -0.712. The van der Waals surface area contributed by atoms with E-state index in [1.54, 1.807) is 30.3 Å². The second-order valence-electron chi connectivity index (χ2n) is 7.81. The number of aromatic nitrogens is 3. The van der Waals surface area contributed by atoms with Crippen molar-refractivity contribution in [2.45, 2.75) is 25.9 Å². The lowest BCUT2D eigenvalue weighted by Gasteiger charge is -2.14. The van der Waals surface area contributed by atoms with Crippen LogP contribution in [0.3, 0.4) is 0 Å². The van der Waals surface area contributed by atoms with E-state index in [0.29, 0.717) is 23.4 Å². The monoisotopic (exact) mass is 536 g/mol. The minimum Gasteiger partial charge on any atom is -0.756 e. The molecular formula is C23H20F3N4O6P. The van der Waals surface area contributed by atoms with Gasteiger partial charge in [-0.2, -0.15) is 13.2 Å². The van der Waals surface area contributed by atoms with Gasteiger partial charge in [-0.1, -0.05) is 29.4 Å². The maximum absolute atomic E-state index is 13.1. The summed E-state index contributed by atoms with van der Waals surface area (Å²) in [6.07, 6.45) is -1.18. The zero-order valence-corrected chi connectivity index (χ0v) is 19.9. The molecule has 0 aliphatic heterocycles. The molecule has 0 saturated carbocycles. The quantitative estimate of drug-likeness (QED) is 0.243. The van der Waals surface area contributed by atoms with Crippen LogP contribution in [0.25, 0.3) is 11.3 Å². The number of ether oxygens (including phenoxy) is 1. The van der Waals surface area contributed by atoms with Crippen LogP contribution < -0.4 is 19.9 Å². The number of phosphoric ester groups is 1. The molecule has 0 aliphatic rings. The standard InChI is InChI=1S/C23H20F3N4O6P/c24-23(25,26)19-6-2-1-4-16(19)13-34-21-8-7-15(12-28-21)10-17-11-20(36-29-17)18-5-3-9-30(22(18)27)14-35-37(31,32)33/h1-9,11-12,27H,10,13-14H2,(H2,31,32,33). The molecule has 0 spiro atoms. The summed E-state index contributed by atoms with van der Waals surface area (Å²) in [5, 5.41) is 4.00. The van der Waals surface area contributed by atoms with Gasteiger partial charge in [-0.25, -0.2) is 9.55 Å². The molecule has 0 bridgehead atoms. The number of phosphoric acid groups is 1. The molecule has 3 aromatic heterocycles. The van der Waals surface area contributed by atoms with Crippen LogP contribution in [0.4, 0.5) is 19.0 Å². The number of nitrogens with zero attached hydrogens (tertiary/aromatic N) is 3. The van der Waals surface area contributed by atoms with E-state index in [4.69, 9.17) is 19.9 Å². The Morgan fingerprint density at radius 3 is 2.65 bits per heavy atom. The molecule has 4 aromatic rings. The number of nitrogens with two attached hydrogens (primary N) is 1. The van der Waals surface area contributed by atoms with Crippen molar-refractivity contribution in [2.75, 3.05) is 5.73 Å². The zero-order valence-electron chi connectivity index (χ0n) is 19.0. The Balaban J connectivity index is 1.40. The van der Waals surface area contributed by atoms with Crippen LogP contribution in [0, 0.1) is 0 Å². The van der Waals surface area contributed by atoms with E-state index in [1.165, 1.54) is 35.2 Å². The normalized spacial score (nSPS) is 13.3. The molecule has 1 atom stereocenters. The summed E-state index contributed by atoms with van der Waals surface area (Å²) in [6, 6.07) is 13.3. The predicted molar refractivity (Wildman–Crippen MR) is 120 cm³/mol. The van der Waals surface area contributed by atoms with E-state index in [1.807, 2.05) is 0 Å². The summed E-state index contributed by atoms with van der Waals surface area (Å²) in [5.41, 5.74) is 7.00. The second kappa shape index (κ2) is 10.7. The Morgan fingerprint density at radius 2 is 1.95 bits per heavy atom. The van der Waals surface area contributed by atoms with Crippen molar-refractivity contribution in [1.82, 2.24) is 10.1 Å². The van der Waals surface area contributed by atoms with E-state index < -0.39 is 26.3 Å². The Kier molecular flexibility index (Phi) is 7.60. The topological polar surface area (TPSA) is 148 Å². The van der Waals surface area contributed by atoms with Crippen LogP contribution in [0.15, 0.2) is 71.5 Å². The lowest BCUT2D eigenvalue weighted by Crippen LogP contribution is -2.38. The highest BCUT2D eigenvalue weighted by Gasteiger charge is 2.33. The molecule has 0 amide bonds. The third-order valence-corrected chi connectivity index (χ3v) is 5.62. The molecule has 10 nitrogen and oxygen atoms in total. The molecule has 37 heavy (non-hydrogen) atoms. The predicted octanol–water partition coefficient (Wildman–Crippen LogP) is 3.23. The maximum atomic E-state index is 13.1. The lowest BCUT2D eigenvalue weighted by atomic mass is 10.1. The molecule has 3 heterocycles. The first-order valence-corrected chi connectivity index (χ1v) is 12.1. The maximum Gasteiger partial charge on any atom is 0.416 e. The number of benzene rings is 1. The number of alkyl halides is 3. The summed E-state index contributed by atoms with van der Waals surface area (Å²) in [7, 11) is -4.93. The molecule has 0 radical (unpaired) electrons. The smallest absolute Gasteiger partial charge is 0.416 e. The van der Waals surface area contributed by atoms with Gasteiger partial charge in [0.05, 0.1) is 17.5 Å². The summed E-state index contributed by atoms with van der Waals surface area (Å²) in [6.45, 7) is -0.817. The number of halogens is 3. The van der Waals surface area contributed by atoms with Gasteiger partial charge in [-0.05, 0) is 23.8 Å². The third-order valence-electron chi connectivity index (χ3n) is 5.18. The van der Waals surface area contributed by atoms with Crippen LogP contribution in [0.5, 0.6) is 5.88 Å². The first kappa shape index (κ1) is 26.3. The second-order valence-corrected chi connectivity index (χ2v) is 9.01. The Bertz CT molecular complexity index is 1420. The van der Waals surface area contributed by atoms with Crippen molar-refractivity contribution < 1.29 is 45.9 Å². The minimum absolute atomic E-state index is 0.00229. The number of hydrogen-bond acceptors (Lipinski definition) is 8. The van der Waals surface area contributed by atoms with Gasteiger partial charge >= 0.3 is 6.18 Å². The molecule has 14 heteroatoms. The fourth-order valence-corrected chi connectivity index (χ4v) is 3.70. The van der Waals surface area contributed by atoms with Crippen LogP contribution in [-0.2, 0) is 35.0 Å². The van der Waals surface area contributed by atoms with Crippen LogP contribution >= 0.6 is 7.82 Å². The van der Waals surface area contributed by atoms with Gasteiger partial charge in [0.25, 0.3) is 13.6 Å². The average Bonchev–Trinajstić information content (AvgIpc) is 3.30. The van der Waals surface area contributed by atoms with Gasteiger partial charge < -0.3 is 19.0 Å². The first-order chi connectivity index (χ1) is 17.5. The summed E-state index contributed by atoms with van der Waals surface area (Å²) in [5.74, 6) is 0.595. The molecule has 0 fully saturated rings. The number of rotatable bonds is 9. The summed E-state index contributed by atoms with van der Waals surface area (Å²) < 4.78 is 66.7. The Morgan fingerprint density at radius 1 is 1.16 bits per heavy atom. The van der Waals surface area contributed by atoms with Gasteiger partial charge in [0.1, 0.15) is 12.2 Å². The number of anilines is 1. The number of hydrogen-bond donors (Lipinski definition) is 2. The third kappa shape index (κ3) is 6.92. The van der Waals surface area contributed by atoms with Crippen molar-refractivity contribution in [3.63, 3.8) is 0 Å². The highest BCUT2D eigenvalue weighted by Crippen LogP contribution is 2.33. The molecule has 4 rings (SSSR count). The average molecular weight is 536 g/mol. The summed E-state index contributed by atoms with van der Waals surface area (Å²) >= 11 is 0. The molecule has 1 aromatic carbocycles.